The molecule has 1 fully saturated rings. The number of aliphatic hydroxyl groups excluding tert-OH is 2. The third-order valence-electron chi connectivity index (χ3n) is 4.90. The Balaban J connectivity index is 2.44. The molecule has 14 heteroatoms. The normalized spacial score (nSPS) is 33.4. The summed E-state index contributed by atoms with van der Waals surface area (Å²) in [5.41, 5.74) is 0. The van der Waals surface area contributed by atoms with Crippen LogP contribution >= 0.6 is 69.6 Å². The van der Waals surface area contributed by atoms with Gasteiger partial charge in [-0.2, -0.15) is 0 Å². The second-order valence-electron chi connectivity index (χ2n) is 6.78. The Hall–Kier alpha value is 0.260. The lowest BCUT2D eigenvalue weighted by Crippen LogP contribution is -2.47. The molecule has 0 aliphatic heterocycles. The van der Waals surface area contributed by atoms with Crippen molar-refractivity contribution in [2.75, 3.05) is 26.4 Å². The third-order valence-corrected chi connectivity index (χ3v) is 9.15. The number of carbonyl (C=O) groups is 2. The van der Waals surface area contributed by atoms with Crippen molar-refractivity contribution >= 4 is 81.5 Å². The van der Waals surface area contributed by atoms with Crippen molar-refractivity contribution in [2.45, 2.75) is 40.5 Å². The van der Waals surface area contributed by atoms with Crippen LogP contribution in [0.3, 0.4) is 0 Å². The lowest BCUT2D eigenvalue weighted by molar-refractivity contribution is -0.192. The molecule has 178 valence electrons. The number of rotatable bonds is 10. The van der Waals surface area contributed by atoms with Crippen LogP contribution in [-0.2, 0) is 28.5 Å². The fourth-order valence-corrected chi connectivity index (χ4v) is 6.48. The van der Waals surface area contributed by atoms with Crippen LogP contribution in [0.2, 0.25) is 0 Å². The molecule has 2 N–H and O–H groups in total. The lowest BCUT2D eigenvalue weighted by atomic mass is 9.82. The molecule has 0 saturated heterocycles. The summed E-state index contributed by atoms with van der Waals surface area (Å²) in [5, 5.41) is 17.1. The van der Waals surface area contributed by atoms with E-state index in [1.54, 1.807) is 0 Å². The van der Waals surface area contributed by atoms with Crippen LogP contribution in [0.25, 0.3) is 0 Å². The van der Waals surface area contributed by atoms with E-state index < -0.39 is 50.4 Å². The first-order valence-corrected chi connectivity index (χ1v) is 11.3. The van der Waals surface area contributed by atoms with Gasteiger partial charge in [0.05, 0.1) is 48.3 Å². The molecule has 6 unspecified atom stereocenters. The predicted molar refractivity (Wildman–Crippen MR) is 115 cm³/mol. The lowest BCUT2D eigenvalue weighted by Gasteiger charge is -2.34. The molecule has 6 atom stereocenters. The molecular formula is C17H20Cl6O8. The number of hydrogen-bond acceptors (Lipinski definition) is 8. The molecule has 0 amide bonds. The number of fused-ring (bicyclic) bond motifs is 2. The Labute approximate surface area is 208 Å². The quantitative estimate of drug-likeness (QED) is 0.237. The molecule has 1 saturated carbocycles. The van der Waals surface area contributed by atoms with Crippen molar-refractivity contribution in [3.8, 4) is 0 Å². The molecule has 0 aromatic heterocycles. The van der Waals surface area contributed by atoms with E-state index in [0.29, 0.717) is 0 Å². The second kappa shape index (κ2) is 10.3. The Morgan fingerprint density at radius 2 is 1.16 bits per heavy atom. The minimum atomic E-state index is -2.21. The van der Waals surface area contributed by atoms with Crippen molar-refractivity contribution in [1.82, 2.24) is 0 Å². The van der Waals surface area contributed by atoms with Gasteiger partial charge in [0.1, 0.15) is 9.75 Å². The smallest absolute Gasteiger partial charge is 0.314 e. The molecule has 0 spiro atoms. The zero-order valence-corrected chi connectivity index (χ0v) is 20.8. The van der Waals surface area contributed by atoms with Gasteiger partial charge in [-0.05, 0) is 13.8 Å². The van der Waals surface area contributed by atoms with Crippen LogP contribution < -0.4 is 0 Å². The van der Waals surface area contributed by atoms with E-state index in [0.717, 1.165) is 0 Å². The molecular weight excluding hydrogens is 545 g/mol. The molecule has 8 nitrogen and oxygen atoms in total. The first kappa shape index (κ1) is 27.5. The van der Waals surface area contributed by atoms with E-state index in [1.807, 2.05) is 0 Å². The topological polar surface area (TPSA) is 112 Å². The third kappa shape index (κ3) is 4.38. The van der Waals surface area contributed by atoms with Crippen LogP contribution in [0.4, 0.5) is 0 Å². The molecule has 0 aromatic rings. The summed E-state index contributed by atoms with van der Waals surface area (Å²) >= 11 is 38.8. The number of ether oxygens (including phenoxy) is 4. The number of carbonyl (C=O) groups excluding carboxylic acids is 2. The highest BCUT2D eigenvalue weighted by Gasteiger charge is 2.86. The summed E-state index contributed by atoms with van der Waals surface area (Å²) in [6, 6.07) is 0. The number of alkyl halides is 4. The zero-order valence-electron chi connectivity index (χ0n) is 16.2. The van der Waals surface area contributed by atoms with Crippen molar-refractivity contribution in [2.24, 2.45) is 11.8 Å². The summed E-state index contributed by atoms with van der Waals surface area (Å²) in [6.45, 7) is 1.92. The van der Waals surface area contributed by atoms with Gasteiger partial charge in [-0.3, -0.25) is 9.59 Å². The molecule has 2 aliphatic rings. The van der Waals surface area contributed by atoms with Gasteiger partial charge >= 0.3 is 11.9 Å². The predicted octanol–water partition coefficient (Wildman–Crippen LogP) is 2.86. The Morgan fingerprint density at radius 3 is 1.45 bits per heavy atom. The van der Waals surface area contributed by atoms with Crippen LogP contribution in [0, 0.1) is 11.8 Å². The average molecular weight is 565 g/mol. The van der Waals surface area contributed by atoms with Crippen LogP contribution in [0.15, 0.2) is 10.1 Å². The van der Waals surface area contributed by atoms with E-state index in [9.17, 15) is 9.59 Å². The summed E-state index contributed by atoms with van der Waals surface area (Å²) in [4.78, 5) is 21.9. The summed E-state index contributed by atoms with van der Waals surface area (Å²) in [6.07, 6.45) is -2.24. The zero-order chi connectivity index (χ0) is 23.8. The molecule has 0 aromatic carbocycles. The number of hydrogen-bond donors (Lipinski definition) is 2. The van der Waals surface area contributed by atoms with E-state index >= 15 is 0 Å². The average Bonchev–Trinajstić information content (AvgIpc) is 2.90. The maximum atomic E-state index is 13.0. The standard InChI is InChI=1S/C17H20Cl6O8/c1-7(28-5-3-24)30-13(26)9-10(14(27)31-8(2)29-6-4-25)16(21)12(19)11(18)15(9,20)17(16,22)23/h7-10,24-25H,3-6H2,1-2H3. The SMILES string of the molecule is CC(OCCO)OC(=O)C1C(C(=O)OC(C)OCCO)C2(Cl)C(Cl)=C(Cl)C1(Cl)C2(Cl)Cl. The largest absolute Gasteiger partial charge is 0.436 e. The Morgan fingerprint density at radius 1 is 0.839 bits per heavy atom. The maximum Gasteiger partial charge on any atom is 0.314 e. The molecule has 2 aliphatic carbocycles. The highest BCUT2D eigenvalue weighted by molar-refractivity contribution is 6.66. The number of aliphatic hydroxyl groups is 2. The second-order valence-corrected chi connectivity index (χ2v) is 10.1. The first-order chi connectivity index (χ1) is 14.3. The van der Waals surface area contributed by atoms with Gasteiger partial charge in [-0.25, -0.2) is 0 Å². The van der Waals surface area contributed by atoms with Crippen LogP contribution in [-0.4, -0.2) is 75.2 Å². The van der Waals surface area contributed by atoms with Gasteiger partial charge in [0.15, 0.2) is 16.9 Å². The van der Waals surface area contributed by atoms with Gasteiger partial charge in [-0.1, -0.05) is 46.4 Å². The van der Waals surface area contributed by atoms with Gasteiger partial charge in [0, 0.05) is 0 Å². The summed E-state index contributed by atoms with van der Waals surface area (Å²) in [7, 11) is 0. The van der Waals surface area contributed by atoms with Crippen molar-refractivity contribution in [1.29, 1.82) is 0 Å². The molecule has 2 bridgehead atoms. The Kier molecular flexibility index (Phi) is 9.10. The molecule has 0 radical (unpaired) electrons. The minimum Gasteiger partial charge on any atom is -0.436 e. The fraction of sp³-hybridized carbons (Fsp3) is 0.765. The van der Waals surface area contributed by atoms with Crippen LogP contribution in [0.1, 0.15) is 13.8 Å². The Bertz CT molecular complexity index is 690. The van der Waals surface area contributed by atoms with E-state index in [1.165, 1.54) is 13.8 Å². The molecule has 31 heavy (non-hydrogen) atoms. The van der Waals surface area contributed by atoms with Crippen LogP contribution in [0.5, 0.6) is 0 Å². The monoisotopic (exact) mass is 562 g/mol. The van der Waals surface area contributed by atoms with E-state index in [4.69, 9.17) is 98.8 Å². The number of halogens is 6. The number of allylic oxidation sites excluding steroid dienone is 2. The van der Waals surface area contributed by atoms with E-state index in [2.05, 4.69) is 0 Å². The van der Waals surface area contributed by atoms with Gasteiger partial charge < -0.3 is 29.2 Å². The van der Waals surface area contributed by atoms with Crippen molar-refractivity contribution in [3.63, 3.8) is 0 Å². The van der Waals surface area contributed by atoms with Gasteiger partial charge in [0.2, 0.25) is 0 Å². The maximum absolute atomic E-state index is 13.0. The van der Waals surface area contributed by atoms with Crippen molar-refractivity contribution in [3.05, 3.63) is 10.1 Å². The van der Waals surface area contributed by atoms with Gasteiger partial charge in [-0.15, -0.1) is 23.2 Å². The minimum absolute atomic E-state index is 0.114. The first-order valence-electron chi connectivity index (χ1n) is 9.00. The highest BCUT2D eigenvalue weighted by atomic mass is 35.5. The van der Waals surface area contributed by atoms with E-state index in [-0.39, 0.29) is 36.5 Å². The summed E-state index contributed by atoms with van der Waals surface area (Å²) in [5.74, 6) is -5.34. The fourth-order valence-electron chi connectivity index (χ4n) is 3.56. The summed E-state index contributed by atoms with van der Waals surface area (Å²) < 4.78 is 18.4. The highest BCUT2D eigenvalue weighted by Crippen LogP contribution is 2.76. The molecule has 2 rings (SSSR count). The van der Waals surface area contributed by atoms with Crippen molar-refractivity contribution < 1.29 is 38.7 Å². The van der Waals surface area contributed by atoms with Gasteiger partial charge in [0.25, 0.3) is 0 Å². The number of esters is 2. The molecule has 0 heterocycles.